The summed E-state index contributed by atoms with van der Waals surface area (Å²) in [6.45, 7) is 1.94. The van der Waals surface area contributed by atoms with Crippen LogP contribution in [0.2, 0.25) is 5.02 Å². The van der Waals surface area contributed by atoms with E-state index in [-0.39, 0.29) is 17.0 Å². The summed E-state index contributed by atoms with van der Waals surface area (Å²) in [6, 6.07) is 9.45. The SMILES string of the molecule is CC(Cc1nccs1)NC(=O)c1cc(-c2ccc(F)cc2Cl)cc(-n2nnnc2C2CC2)c1. The summed E-state index contributed by atoms with van der Waals surface area (Å²) in [4.78, 5) is 17.5. The molecule has 33 heavy (non-hydrogen) atoms. The number of halogens is 2. The normalized spacial score (nSPS) is 14.3. The van der Waals surface area contributed by atoms with Crippen molar-refractivity contribution in [1.82, 2.24) is 30.5 Å². The zero-order chi connectivity index (χ0) is 22.9. The first-order valence-electron chi connectivity index (χ1n) is 10.6. The van der Waals surface area contributed by atoms with Crippen LogP contribution >= 0.6 is 22.9 Å². The Morgan fingerprint density at radius 3 is 2.88 bits per heavy atom. The number of thiazole rings is 1. The van der Waals surface area contributed by atoms with Crippen LogP contribution in [0.25, 0.3) is 16.8 Å². The molecule has 1 aliphatic carbocycles. The van der Waals surface area contributed by atoms with Gasteiger partial charge < -0.3 is 5.32 Å². The monoisotopic (exact) mass is 482 g/mol. The second kappa shape index (κ2) is 8.99. The first-order valence-corrected chi connectivity index (χ1v) is 11.8. The van der Waals surface area contributed by atoms with E-state index in [9.17, 15) is 9.18 Å². The van der Waals surface area contributed by atoms with Crippen molar-refractivity contribution in [2.24, 2.45) is 0 Å². The fourth-order valence-electron chi connectivity index (χ4n) is 3.69. The predicted octanol–water partition coefficient (Wildman–Crippen LogP) is 4.82. The third-order valence-electron chi connectivity index (χ3n) is 5.44. The highest BCUT2D eigenvalue weighted by Gasteiger charge is 2.30. The molecule has 5 rings (SSSR count). The summed E-state index contributed by atoms with van der Waals surface area (Å²) in [5.74, 6) is 0.418. The summed E-state index contributed by atoms with van der Waals surface area (Å²) in [5.41, 5.74) is 2.38. The number of carbonyl (C=O) groups is 1. The number of rotatable bonds is 7. The molecule has 1 aliphatic rings. The molecule has 1 atom stereocenters. The molecule has 1 fully saturated rings. The molecule has 1 N–H and O–H groups in total. The van der Waals surface area contributed by atoms with Crippen molar-refractivity contribution >= 4 is 28.8 Å². The number of hydrogen-bond acceptors (Lipinski definition) is 6. The van der Waals surface area contributed by atoms with E-state index >= 15 is 0 Å². The third kappa shape index (κ3) is 4.79. The highest BCUT2D eigenvalue weighted by molar-refractivity contribution is 7.09. The van der Waals surface area contributed by atoms with Crippen LogP contribution in [0.15, 0.2) is 48.0 Å². The maximum Gasteiger partial charge on any atom is 0.251 e. The van der Waals surface area contributed by atoms with Crippen LogP contribution in [-0.4, -0.2) is 37.1 Å². The molecule has 2 heterocycles. The van der Waals surface area contributed by atoms with Gasteiger partial charge >= 0.3 is 0 Å². The lowest BCUT2D eigenvalue weighted by Crippen LogP contribution is -2.34. The van der Waals surface area contributed by atoms with E-state index in [1.165, 1.54) is 12.1 Å². The molecule has 4 aromatic rings. The lowest BCUT2D eigenvalue weighted by atomic mass is 10.0. The molecule has 2 aromatic heterocycles. The van der Waals surface area contributed by atoms with Gasteiger partial charge in [0.2, 0.25) is 0 Å². The van der Waals surface area contributed by atoms with Gasteiger partial charge in [0.1, 0.15) is 5.82 Å². The summed E-state index contributed by atoms with van der Waals surface area (Å²) >= 11 is 7.89. The van der Waals surface area contributed by atoms with Gasteiger partial charge in [-0.2, -0.15) is 4.68 Å². The second-order valence-corrected chi connectivity index (χ2v) is 9.51. The zero-order valence-corrected chi connectivity index (χ0v) is 19.3. The van der Waals surface area contributed by atoms with Gasteiger partial charge in [-0.25, -0.2) is 9.37 Å². The number of benzene rings is 2. The highest BCUT2D eigenvalue weighted by Crippen LogP contribution is 2.39. The molecule has 1 amide bonds. The van der Waals surface area contributed by atoms with E-state index in [1.807, 2.05) is 18.4 Å². The van der Waals surface area contributed by atoms with Gasteiger partial charge in [-0.1, -0.05) is 11.6 Å². The first-order chi connectivity index (χ1) is 16.0. The Bertz CT molecular complexity index is 1300. The standard InChI is InChI=1S/C23H20ClFN6OS/c1-13(8-21-26-6-7-33-21)27-23(32)16-9-15(19-5-4-17(25)12-20(19)24)10-18(11-16)31-22(14-2-3-14)28-29-30-31/h4-7,9-14H,2-3,8H2,1H3,(H,27,32). The molecular formula is C23H20ClFN6OS. The van der Waals surface area contributed by atoms with Crippen LogP contribution in [0, 0.1) is 5.82 Å². The molecule has 1 saturated carbocycles. The average Bonchev–Trinajstić information content (AvgIpc) is 3.28. The van der Waals surface area contributed by atoms with E-state index in [0.717, 1.165) is 23.7 Å². The Morgan fingerprint density at radius 2 is 2.15 bits per heavy atom. The average molecular weight is 483 g/mol. The number of nitrogens with one attached hydrogen (secondary N) is 1. The number of tetrazole rings is 1. The topological polar surface area (TPSA) is 85.6 Å². The van der Waals surface area contributed by atoms with Crippen LogP contribution in [-0.2, 0) is 6.42 Å². The van der Waals surface area contributed by atoms with Crippen molar-refractivity contribution in [1.29, 1.82) is 0 Å². The number of carbonyl (C=O) groups excluding carboxylic acids is 1. The Kier molecular flexibility index (Phi) is 5.90. The smallest absolute Gasteiger partial charge is 0.251 e. The summed E-state index contributed by atoms with van der Waals surface area (Å²) < 4.78 is 15.3. The summed E-state index contributed by atoms with van der Waals surface area (Å²) in [5, 5.41) is 18.3. The highest BCUT2D eigenvalue weighted by atomic mass is 35.5. The molecule has 0 aliphatic heterocycles. The Balaban J connectivity index is 1.52. The Morgan fingerprint density at radius 1 is 1.30 bits per heavy atom. The quantitative estimate of drug-likeness (QED) is 0.408. The first kappa shape index (κ1) is 21.7. The molecule has 10 heteroatoms. The van der Waals surface area contributed by atoms with Gasteiger partial charge in [0.25, 0.3) is 5.91 Å². The predicted molar refractivity (Wildman–Crippen MR) is 124 cm³/mol. The Labute approximate surface area is 198 Å². The van der Waals surface area contributed by atoms with Crippen molar-refractivity contribution < 1.29 is 9.18 Å². The summed E-state index contributed by atoms with van der Waals surface area (Å²) in [6.07, 6.45) is 4.45. The molecule has 168 valence electrons. The maximum absolute atomic E-state index is 13.6. The Hall–Kier alpha value is -3.17. The molecule has 2 aromatic carbocycles. The molecule has 0 bridgehead atoms. The molecule has 7 nitrogen and oxygen atoms in total. The van der Waals surface area contributed by atoms with Crippen molar-refractivity contribution in [2.45, 2.75) is 38.1 Å². The van der Waals surface area contributed by atoms with Crippen LogP contribution in [0.1, 0.15) is 46.9 Å². The van der Waals surface area contributed by atoms with Gasteiger partial charge in [-0.05, 0) is 72.2 Å². The van der Waals surface area contributed by atoms with E-state index in [4.69, 9.17) is 11.6 Å². The maximum atomic E-state index is 13.6. The molecular weight excluding hydrogens is 463 g/mol. The van der Waals surface area contributed by atoms with Gasteiger partial charge in [0.05, 0.1) is 15.7 Å². The van der Waals surface area contributed by atoms with Gasteiger partial charge in [-0.15, -0.1) is 16.4 Å². The molecule has 0 radical (unpaired) electrons. The van der Waals surface area contributed by atoms with Gasteiger partial charge in [0, 0.05) is 41.1 Å². The van der Waals surface area contributed by atoms with E-state index in [0.29, 0.717) is 34.7 Å². The van der Waals surface area contributed by atoms with Crippen molar-refractivity contribution in [3.8, 4) is 16.8 Å². The van der Waals surface area contributed by atoms with Crippen LogP contribution in [0.3, 0.4) is 0 Å². The second-order valence-electron chi connectivity index (χ2n) is 8.12. The van der Waals surface area contributed by atoms with E-state index < -0.39 is 5.82 Å². The molecule has 0 spiro atoms. The lowest BCUT2D eigenvalue weighted by Gasteiger charge is -2.15. The fraction of sp³-hybridized carbons (Fsp3) is 0.261. The van der Waals surface area contributed by atoms with Crippen LogP contribution in [0.4, 0.5) is 4.39 Å². The van der Waals surface area contributed by atoms with Gasteiger partial charge in [-0.3, -0.25) is 4.79 Å². The minimum Gasteiger partial charge on any atom is -0.349 e. The molecule has 0 saturated heterocycles. The lowest BCUT2D eigenvalue weighted by molar-refractivity contribution is 0.0940. The van der Waals surface area contributed by atoms with Crippen LogP contribution in [0.5, 0.6) is 0 Å². The van der Waals surface area contributed by atoms with Crippen LogP contribution < -0.4 is 5.32 Å². The minimum absolute atomic E-state index is 0.111. The van der Waals surface area contributed by atoms with E-state index in [2.05, 4.69) is 25.8 Å². The summed E-state index contributed by atoms with van der Waals surface area (Å²) in [7, 11) is 0. The van der Waals surface area contributed by atoms with E-state index in [1.54, 1.807) is 40.4 Å². The zero-order valence-electron chi connectivity index (χ0n) is 17.7. The molecule has 1 unspecified atom stereocenters. The third-order valence-corrected chi connectivity index (χ3v) is 6.56. The minimum atomic E-state index is -0.426. The van der Waals surface area contributed by atoms with Gasteiger partial charge in [0.15, 0.2) is 5.82 Å². The van der Waals surface area contributed by atoms with Crippen molar-refractivity contribution in [3.05, 3.63) is 75.2 Å². The fourth-order valence-corrected chi connectivity index (χ4v) is 4.71. The van der Waals surface area contributed by atoms with Crippen molar-refractivity contribution in [3.63, 3.8) is 0 Å². The number of amides is 1. The number of aromatic nitrogens is 5. The van der Waals surface area contributed by atoms with Crippen molar-refractivity contribution in [2.75, 3.05) is 0 Å². The number of nitrogens with zero attached hydrogens (tertiary/aromatic N) is 5. The largest absolute Gasteiger partial charge is 0.349 e. The number of hydrogen-bond donors (Lipinski definition) is 1.